The topological polar surface area (TPSA) is 115 Å². The quantitative estimate of drug-likeness (QED) is 0.381. The van der Waals surface area contributed by atoms with Crippen LogP contribution in [0.4, 0.5) is 4.39 Å². The van der Waals surface area contributed by atoms with Crippen molar-refractivity contribution in [2.45, 2.75) is 64.6 Å². The third-order valence-corrected chi connectivity index (χ3v) is 6.63. The number of hydrogen-bond donors (Lipinski definition) is 2. The summed E-state index contributed by atoms with van der Waals surface area (Å²) in [5.41, 5.74) is -0.728. The third-order valence-electron chi connectivity index (χ3n) is 6.63. The fourth-order valence-corrected chi connectivity index (χ4v) is 4.03. The molecule has 10 heteroatoms. The van der Waals surface area contributed by atoms with E-state index in [1.807, 2.05) is 13.8 Å². The van der Waals surface area contributed by atoms with Gasteiger partial charge >= 0.3 is 5.69 Å². The Balaban J connectivity index is 1.43. The van der Waals surface area contributed by atoms with Crippen molar-refractivity contribution in [2.75, 3.05) is 6.61 Å². The highest BCUT2D eigenvalue weighted by Gasteiger charge is 2.35. The van der Waals surface area contributed by atoms with Crippen LogP contribution in [0.2, 0.25) is 0 Å². The number of H-pyrrole nitrogens is 1. The predicted molar refractivity (Wildman–Crippen MR) is 128 cm³/mol. The Bertz CT molecular complexity index is 1260. The SMILES string of the molecule is CC(C)[C@@](O)(Cn1nncc1CCCCn1ccc(=O)[nH]c1=O)c1ccc(F)c(OCC2CC2)c1. The molecule has 0 amide bonds. The molecule has 3 aromatic rings. The summed E-state index contributed by atoms with van der Waals surface area (Å²) in [4.78, 5) is 25.3. The molecule has 0 unspecified atom stereocenters. The van der Waals surface area contributed by atoms with Crippen molar-refractivity contribution in [3.63, 3.8) is 0 Å². The number of aliphatic hydroxyl groups is 1. The first-order chi connectivity index (χ1) is 16.8. The fourth-order valence-electron chi connectivity index (χ4n) is 4.03. The van der Waals surface area contributed by atoms with E-state index in [0.29, 0.717) is 37.5 Å². The van der Waals surface area contributed by atoms with Gasteiger partial charge in [0.15, 0.2) is 11.6 Å². The van der Waals surface area contributed by atoms with Gasteiger partial charge in [0.2, 0.25) is 0 Å². The highest BCUT2D eigenvalue weighted by Crippen LogP contribution is 2.36. The number of aromatic amines is 1. The number of nitrogens with one attached hydrogen (secondary N) is 1. The maximum Gasteiger partial charge on any atom is 0.328 e. The summed E-state index contributed by atoms with van der Waals surface area (Å²) in [5.74, 6) is 0.0179. The van der Waals surface area contributed by atoms with Gasteiger partial charge in [0.25, 0.3) is 5.56 Å². The lowest BCUT2D eigenvalue weighted by Crippen LogP contribution is -2.38. The molecule has 1 aliphatic carbocycles. The summed E-state index contributed by atoms with van der Waals surface area (Å²) in [6.45, 7) is 4.94. The van der Waals surface area contributed by atoms with Crippen molar-refractivity contribution in [2.24, 2.45) is 11.8 Å². The van der Waals surface area contributed by atoms with Gasteiger partial charge in [-0.25, -0.2) is 13.9 Å². The van der Waals surface area contributed by atoms with E-state index >= 15 is 0 Å². The van der Waals surface area contributed by atoms with Gasteiger partial charge in [-0.05, 0) is 61.6 Å². The van der Waals surface area contributed by atoms with Gasteiger partial charge in [-0.3, -0.25) is 9.78 Å². The largest absolute Gasteiger partial charge is 0.490 e. The Hall–Kier alpha value is -3.27. The molecule has 0 saturated heterocycles. The molecule has 0 bridgehead atoms. The van der Waals surface area contributed by atoms with E-state index in [1.165, 1.54) is 22.9 Å². The Labute approximate surface area is 202 Å². The monoisotopic (exact) mass is 485 g/mol. The van der Waals surface area contributed by atoms with Crippen molar-refractivity contribution >= 4 is 0 Å². The number of ether oxygens (including phenoxy) is 1. The van der Waals surface area contributed by atoms with Gasteiger partial charge in [0.05, 0.1) is 25.0 Å². The van der Waals surface area contributed by atoms with Crippen molar-refractivity contribution < 1.29 is 14.2 Å². The molecule has 188 valence electrons. The highest BCUT2D eigenvalue weighted by molar-refractivity contribution is 5.34. The number of rotatable bonds is 12. The number of nitrogens with zero attached hydrogens (tertiary/aromatic N) is 4. The van der Waals surface area contributed by atoms with E-state index in [-0.39, 0.29) is 18.2 Å². The number of aromatic nitrogens is 5. The van der Waals surface area contributed by atoms with E-state index in [0.717, 1.165) is 25.0 Å². The summed E-state index contributed by atoms with van der Waals surface area (Å²) in [5, 5.41) is 19.9. The fraction of sp³-hybridized carbons (Fsp3) is 0.520. The van der Waals surface area contributed by atoms with Gasteiger partial charge in [0.1, 0.15) is 5.60 Å². The molecule has 1 saturated carbocycles. The summed E-state index contributed by atoms with van der Waals surface area (Å²) in [6, 6.07) is 5.85. The highest BCUT2D eigenvalue weighted by atomic mass is 19.1. The number of benzene rings is 1. The second kappa shape index (κ2) is 10.6. The number of hydrogen-bond acceptors (Lipinski definition) is 6. The molecule has 35 heavy (non-hydrogen) atoms. The number of unbranched alkanes of at least 4 members (excludes halogenated alkanes) is 1. The van der Waals surface area contributed by atoms with E-state index in [9.17, 15) is 19.1 Å². The minimum Gasteiger partial charge on any atom is -0.490 e. The normalized spacial score (nSPS) is 15.3. The molecule has 0 aliphatic heterocycles. The summed E-state index contributed by atoms with van der Waals surface area (Å²) < 4.78 is 23.2. The Morgan fingerprint density at radius 2 is 2.06 bits per heavy atom. The van der Waals surface area contributed by atoms with Crippen LogP contribution in [-0.2, 0) is 25.1 Å². The molecule has 2 aromatic heterocycles. The Morgan fingerprint density at radius 1 is 1.26 bits per heavy atom. The second-order valence-corrected chi connectivity index (χ2v) is 9.62. The molecular weight excluding hydrogens is 453 g/mol. The summed E-state index contributed by atoms with van der Waals surface area (Å²) >= 11 is 0. The molecule has 1 aromatic carbocycles. The Morgan fingerprint density at radius 3 is 2.77 bits per heavy atom. The maximum atomic E-state index is 14.3. The molecule has 0 spiro atoms. The molecule has 9 nitrogen and oxygen atoms in total. The zero-order valence-corrected chi connectivity index (χ0v) is 20.1. The van der Waals surface area contributed by atoms with E-state index < -0.39 is 22.7 Å². The van der Waals surface area contributed by atoms with Crippen molar-refractivity contribution in [3.05, 3.63) is 74.6 Å². The van der Waals surface area contributed by atoms with Crippen LogP contribution in [0.15, 0.2) is 46.2 Å². The third kappa shape index (κ3) is 6.05. The molecule has 2 N–H and O–H groups in total. The summed E-state index contributed by atoms with van der Waals surface area (Å²) in [7, 11) is 0. The standard InChI is InChI=1S/C25H32FN5O4/c1-17(2)25(34,19-8-9-21(26)22(13-19)35-15-18-6-7-18)16-31-20(14-27-29-31)5-3-4-11-30-12-10-23(32)28-24(30)33/h8-10,12-14,17-18,34H,3-7,11,15-16H2,1-2H3,(H,28,32,33)/t25-/m0/s1. The van der Waals surface area contributed by atoms with Crippen LogP contribution in [0.25, 0.3) is 0 Å². The van der Waals surface area contributed by atoms with Crippen LogP contribution in [0.1, 0.15) is 50.8 Å². The van der Waals surface area contributed by atoms with Crippen LogP contribution >= 0.6 is 0 Å². The lowest BCUT2D eigenvalue weighted by atomic mass is 9.83. The molecule has 1 aliphatic rings. The number of halogens is 1. The van der Waals surface area contributed by atoms with E-state index in [2.05, 4.69) is 15.3 Å². The second-order valence-electron chi connectivity index (χ2n) is 9.62. The minimum atomic E-state index is -1.31. The van der Waals surface area contributed by atoms with Crippen LogP contribution in [0.5, 0.6) is 5.75 Å². The molecular formula is C25H32FN5O4. The lowest BCUT2D eigenvalue weighted by molar-refractivity contribution is -0.0307. The Kier molecular flexibility index (Phi) is 7.49. The smallest absolute Gasteiger partial charge is 0.328 e. The van der Waals surface area contributed by atoms with Gasteiger partial charge in [-0.2, -0.15) is 0 Å². The first kappa shape index (κ1) is 24.8. The average molecular weight is 486 g/mol. The first-order valence-electron chi connectivity index (χ1n) is 12.1. The van der Waals surface area contributed by atoms with Crippen molar-refractivity contribution in [1.82, 2.24) is 24.5 Å². The van der Waals surface area contributed by atoms with Gasteiger partial charge < -0.3 is 14.4 Å². The zero-order chi connectivity index (χ0) is 25.0. The molecule has 4 rings (SSSR count). The summed E-state index contributed by atoms with van der Waals surface area (Å²) in [6.07, 6.45) is 7.49. The first-order valence-corrected chi connectivity index (χ1v) is 12.1. The van der Waals surface area contributed by atoms with Crippen LogP contribution in [-0.4, -0.2) is 36.3 Å². The van der Waals surface area contributed by atoms with Gasteiger partial charge in [-0.1, -0.05) is 25.1 Å². The molecule has 1 atom stereocenters. The van der Waals surface area contributed by atoms with Crippen LogP contribution in [0.3, 0.4) is 0 Å². The van der Waals surface area contributed by atoms with Crippen molar-refractivity contribution in [3.8, 4) is 5.75 Å². The van der Waals surface area contributed by atoms with Gasteiger partial charge in [-0.15, -0.1) is 5.10 Å². The maximum absolute atomic E-state index is 14.3. The van der Waals surface area contributed by atoms with Crippen LogP contribution < -0.4 is 16.0 Å². The van der Waals surface area contributed by atoms with E-state index in [1.54, 1.807) is 23.0 Å². The lowest BCUT2D eigenvalue weighted by Gasteiger charge is -2.33. The number of aryl methyl sites for hydroxylation is 2. The predicted octanol–water partition coefficient (Wildman–Crippen LogP) is 2.62. The molecule has 2 heterocycles. The zero-order valence-electron chi connectivity index (χ0n) is 20.1. The average Bonchev–Trinajstić information content (AvgIpc) is 3.55. The van der Waals surface area contributed by atoms with Crippen molar-refractivity contribution in [1.29, 1.82) is 0 Å². The molecule has 1 fully saturated rings. The van der Waals surface area contributed by atoms with Crippen LogP contribution in [0, 0.1) is 17.7 Å². The van der Waals surface area contributed by atoms with Gasteiger partial charge in [0, 0.05) is 18.8 Å². The minimum absolute atomic E-state index is 0.157. The van der Waals surface area contributed by atoms with E-state index in [4.69, 9.17) is 4.74 Å². The molecule has 0 radical (unpaired) electrons.